The molecule has 0 aliphatic carbocycles. The number of azide groups is 1. The summed E-state index contributed by atoms with van der Waals surface area (Å²) in [6, 6.07) is 1.58. The van der Waals surface area contributed by atoms with Crippen LogP contribution in [0.3, 0.4) is 0 Å². The summed E-state index contributed by atoms with van der Waals surface area (Å²) in [6.45, 7) is 2.25. The third kappa shape index (κ3) is 3.49. The highest BCUT2D eigenvalue weighted by atomic mass is 16.5. The van der Waals surface area contributed by atoms with Gasteiger partial charge in [0.15, 0.2) is 0 Å². The number of methoxy groups -OCH3 is 1. The molecular weight excluding hydrogens is 260 g/mol. The Morgan fingerprint density at radius 3 is 2.90 bits per heavy atom. The van der Waals surface area contributed by atoms with E-state index >= 15 is 0 Å². The number of hydrogen-bond acceptors (Lipinski definition) is 5. The Hall–Kier alpha value is -2.05. The van der Waals surface area contributed by atoms with Gasteiger partial charge in [-0.2, -0.15) is 5.10 Å². The molecule has 8 nitrogen and oxygen atoms in total. The van der Waals surface area contributed by atoms with Gasteiger partial charge in [0.2, 0.25) is 0 Å². The van der Waals surface area contributed by atoms with E-state index in [1.54, 1.807) is 19.4 Å². The van der Waals surface area contributed by atoms with Crippen molar-refractivity contribution in [2.24, 2.45) is 5.11 Å². The molecule has 1 saturated heterocycles. The second-order valence-electron chi connectivity index (χ2n) is 4.65. The molecule has 0 bridgehead atoms. The number of ether oxygens (including phenoxy) is 1. The quantitative estimate of drug-likeness (QED) is 0.458. The molecule has 0 radical (unpaired) electrons. The number of hydrogen-bond donors (Lipinski definition) is 0. The fourth-order valence-electron chi connectivity index (χ4n) is 2.30. The van der Waals surface area contributed by atoms with Crippen molar-refractivity contribution >= 4 is 5.69 Å². The first kappa shape index (κ1) is 14.4. The summed E-state index contributed by atoms with van der Waals surface area (Å²) in [5.41, 5.74) is 8.86. The van der Waals surface area contributed by atoms with E-state index in [9.17, 15) is 4.79 Å². The molecule has 0 amide bonds. The van der Waals surface area contributed by atoms with Crippen molar-refractivity contribution in [1.29, 1.82) is 0 Å². The average molecular weight is 278 g/mol. The minimum Gasteiger partial charge on any atom is -0.381 e. The van der Waals surface area contributed by atoms with Crippen molar-refractivity contribution in [2.45, 2.75) is 25.5 Å². The summed E-state index contributed by atoms with van der Waals surface area (Å²) in [6.07, 6.45) is 3.90. The molecule has 8 heteroatoms. The molecule has 0 spiro atoms. The van der Waals surface area contributed by atoms with Crippen molar-refractivity contribution in [2.75, 3.05) is 31.6 Å². The Bertz CT molecular complexity index is 543. The van der Waals surface area contributed by atoms with Crippen molar-refractivity contribution in [3.8, 4) is 0 Å². The van der Waals surface area contributed by atoms with Gasteiger partial charge >= 0.3 is 0 Å². The molecule has 2 rings (SSSR count). The molecule has 1 aliphatic heterocycles. The molecule has 108 valence electrons. The van der Waals surface area contributed by atoms with Crippen LogP contribution in [0.5, 0.6) is 0 Å². The number of piperidine rings is 1. The van der Waals surface area contributed by atoms with Gasteiger partial charge in [-0.1, -0.05) is 5.11 Å². The van der Waals surface area contributed by atoms with Crippen molar-refractivity contribution < 1.29 is 4.74 Å². The summed E-state index contributed by atoms with van der Waals surface area (Å²) in [5, 5.41) is 7.51. The van der Waals surface area contributed by atoms with E-state index in [0.717, 1.165) is 31.6 Å². The third-order valence-electron chi connectivity index (χ3n) is 3.47. The van der Waals surface area contributed by atoms with Crippen LogP contribution in [0, 0.1) is 0 Å². The van der Waals surface area contributed by atoms with Crippen molar-refractivity contribution in [3.63, 3.8) is 0 Å². The highest BCUT2D eigenvalue weighted by molar-refractivity contribution is 5.43. The molecular formula is C12H18N6O2. The molecule has 0 unspecified atom stereocenters. The molecule has 1 fully saturated rings. The molecule has 0 saturated carbocycles. The van der Waals surface area contributed by atoms with Crippen LogP contribution in [-0.2, 0) is 11.3 Å². The highest BCUT2D eigenvalue weighted by Crippen LogP contribution is 2.18. The third-order valence-corrected chi connectivity index (χ3v) is 3.47. The van der Waals surface area contributed by atoms with Gasteiger partial charge in [0.05, 0.1) is 24.5 Å². The summed E-state index contributed by atoms with van der Waals surface area (Å²) >= 11 is 0. The summed E-state index contributed by atoms with van der Waals surface area (Å²) in [5.74, 6) is 0. The monoisotopic (exact) mass is 278 g/mol. The summed E-state index contributed by atoms with van der Waals surface area (Å²) in [4.78, 5) is 16.7. The van der Waals surface area contributed by atoms with Crippen molar-refractivity contribution in [1.82, 2.24) is 9.78 Å². The predicted molar refractivity (Wildman–Crippen MR) is 74.8 cm³/mol. The first-order valence-electron chi connectivity index (χ1n) is 6.60. The minimum atomic E-state index is -0.176. The van der Waals surface area contributed by atoms with Crippen LogP contribution in [-0.4, -0.2) is 42.6 Å². The van der Waals surface area contributed by atoms with Crippen LogP contribution >= 0.6 is 0 Å². The van der Waals surface area contributed by atoms with Crippen molar-refractivity contribution in [3.05, 3.63) is 33.1 Å². The Morgan fingerprint density at radius 2 is 2.30 bits per heavy atom. The maximum absolute atomic E-state index is 11.9. The molecule has 0 N–H and O–H groups in total. The fourth-order valence-corrected chi connectivity index (χ4v) is 2.30. The standard InChI is InChI=1S/C12H18N6O2/c1-20-11-2-5-17(6-3-11)10-8-12(19)18(15-9-10)7-4-14-16-13/h8-9,11H,2-7H2,1H3. The zero-order chi connectivity index (χ0) is 14.4. The lowest BCUT2D eigenvalue weighted by molar-refractivity contribution is 0.0819. The van der Waals surface area contributed by atoms with Gasteiger partial charge in [0, 0.05) is 37.7 Å². The molecule has 0 aromatic carbocycles. The predicted octanol–water partition coefficient (Wildman–Crippen LogP) is 1.17. The van der Waals surface area contributed by atoms with Gasteiger partial charge in [-0.15, -0.1) is 0 Å². The molecule has 2 heterocycles. The zero-order valence-electron chi connectivity index (χ0n) is 11.5. The normalized spacial score (nSPS) is 15.9. The maximum Gasteiger partial charge on any atom is 0.268 e. The SMILES string of the molecule is COC1CCN(c2cnn(CCN=[N+]=[N-])c(=O)c2)CC1. The second-order valence-corrected chi connectivity index (χ2v) is 4.65. The van der Waals surface area contributed by atoms with Crippen LogP contribution in [0.2, 0.25) is 0 Å². The molecule has 1 aromatic heterocycles. The minimum absolute atomic E-state index is 0.176. The number of rotatable bonds is 5. The molecule has 0 atom stereocenters. The van der Waals surface area contributed by atoms with Gasteiger partial charge in [-0.05, 0) is 18.4 Å². The van der Waals surface area contributed by atoms with E-state index in [1.165, 1.54) is 4.68 Å². The van der Waals surface area contributed by atoms with E-state index in [-0.39, 0.29) is 12.1 Å². The average Bonchev–Trinajstić information content (AvgIpc) is 2.49. The van der Waals surface area contributed by atoms with Crippen LogP contribution in [0.4, 0.5) is 5.69 Å². The number of aromatic nitrogens is 2. The Morgan fingerprint density at radius 1 is 1.55 bits per heavy atom. The summed E-state index contributed by atoms with van der Waals surface area (Å²) < 4.78 is 6.63. The first-order valence-corrected chi connectivity index (χ1v) is 6.60. The van der Waals surface area contributed by atoms with Gasteiger partial charge in [-0.25, -0.2) is 4.68 Å². The lowest BCUT2D eigenvalue weighted by Gasteiger charge is -2.32. The lowest BCUT2D eigenvalue weighted by atomic mass is 10.1. The smallest absolute Gasteiger partial charge is 0.268 e. The second kappa shape index (κ2) is 6.93. The van der Waals surface area contributed by atoms with Crippen LogP contribution in [0.25, 0.3) is 10.4 Å². The first-order chi connectivity index (χ1) is 9.74. The van der Waals surface area contributed by atoms with Crippen LogP contribution in [0.1, 0.15) is 12.8 Å². The maximum atomic E-state index is 11.9. The fraction of sp³-hybridized carbons (Fsp3) is 0.667. The molecule has 1 aromatic rings. The Kier molecular flexibility index (Phi) is 4.97. The summed E-state index contributed by atoms with van der Waals surface area (Å²) in [7, 11) is 1.73. The highest BCUT2D eigenvalue weighted by Gasteiger charge is 2.19. The van der Waals surface area contributed by atoms with Crippen LogP contribution < -0.4 is 10.5 Å². The van der Waals surface area contributed by atoms with E-state index in [2.05, 4.69) is 20.0 Å². The van der Waals surface area contributed by atoms with E-state index in [0.29, 0.717) is 12.6 Å². The number of nitrogens with zero attached hydrogens (tertiary/aromatic N) is 6. The Labute approximate surface area is 116 Å². The van der Waals surface area contributed by atoms with E-state index < -0.39 is 0 Å². The molecule has 20 heavy (non-hydrogen) atoms. The van der Waals surface area contributed by atoms with Gasteiger partial charge < -0.3 is 9.64 Å². The molecule has 1 aliphatic rings. The van der Waals surface area contributed by atoms with Gasteiger partial charge in [-0.3, -0.25) is 4.79 Å². The van der Waals surface area contributed by atoms with Gasteiger partial charge in [0.1, 0.15) is 0 Å². The van der Waals surface area contributed by atoms with E-state index in [4.69, 9.17) is 10.3 Å². The zero-order valence-corrected chi connectivity index (χ0v) is 11.5. The van der Waals surface area contributed by atoms with Crippen LogP contribution in [0.15, 0.2) is 22.2 Å². The topological polar surface area (TPSA) is 96.1 Å². The number of anilines is 1. The van der Waals surface area contributed by atoms with E-state index in [1.807, 2.05) is 0 Å². The largest absolute Gasteiger partial charge is 0.381 e. The lowest BCUT2D eigenvalue weighted by Crippen LogP contribution is -2.37. The Balaban J connectivity index is 2.02. The van der Waals surface area contributed by atoms with Gasteiger partial charge in [0.25, 0.3) is 5.56 Å².